The Hall–Kier alpha value is -1.53. The Bertz CT molecular complexity index is 948. The number of hydrogen-bond donors (Lipinski definition) is 1. The Morgan fingerprint density at radius 3 is 1.92 bits per heavy atom. The smallest absolute Gasteiger partial charge is 0.299 e. The molecule has 1 aliphatic rings. The molecule has 1 saturated carbocycles. The number of carbonyl (C=O) groups is 1. The second kappa shape index (κ2) is 16.4. The molecule has 0 unspecified atom stereocenters. The molecule has 2 N–H and O–H groups in total. The van der Waals surface area contributed by atoms with Gasteiger partial charge in [0, 0.05) is 26.6 Å². The maximum absolute atomic E-state index is 11.1. The molecule has 0 aromatic heterocycles. The first-order chi connectivity index (χ1) is 17.4. The van der Waals surface area contributed by atoms with E-state index in [1.807, 2.05) is 26.0 Å². The van der Waals surface area contributed by atoms with Gasteiger partial charge in [0.05, 0.1) is 10.0 Å². The number of aryl methyl sites for hydroxylation is 3. The molecule has 2 aromatic rings. The lowest BCUT2D eigenvalue weighted by atomic mass is 9.81. The summed E-state index contributed by atoms with van der Waals surface area (Å²) in [5.41, 5.74) is 12.7. The first-order valence-corrected chi connectivity index (χ1v) is 13.9. The molecule has 3 rings (SSSR count). The zero-order valence-electron chi connectivity index (χ0n) is 23.2. The highest BCUT2D eigenvalue weighted by Gasteiger charge is 2.23. The Kier molecular flexibility index (Phi) is 14.9. The molecule has 0 bridgehead atoms. The summed E-state index contributed by atoms with van der Waals surface area (Å²) in [4.78, 5) is 11.7. The van der Waals surface area contributed by atoms with E-state index in [0.717, 1.165) is 38.0 Å². The highest BCUT2D eigenvalue weighted by molar-refractivity contribution is 6.42. The molecule has 3 nitrogen and oxygen atoms in total. The van der Waals surface area contributed by atoms with E-state index in [-0.39, 0.29) is 0 Å². The average Bonchev–Trinajstić information content (AvgIpc) is 2.85. The van der Waals surface area contributed by atoms with Crippen LogP contribution in [0.2, 0.25) is 10.0 Å². The molecule has 0 spiro atoms. The maximum Gasteiger partial charge on any atom is 0.299 e. The van der Waals surface area contributed by atoms with Gasteiger partial charge in [-0.1, -0.05) is 60.8 Å². The fourth-order valence-electron chi connectivity index (χ4n) is 4.78. The van der Waals surface area contributed by atoms with Crippen LogP contribution >= 0.6 is 23.2 Å². The third-order valence-electron chi connectivity index (χ3n) is 6.64. The first kappa shape index (κ1) is 33.5. The Labute approximate surface area is 232 Å². The van der Waals surface area contributed by atoms with Crippen molar-refractivity contribution in [3.05, 3.63) is 68.2 Å². The van der Waals surface area contributed by atoms with Crippen molar-refractivity contribution in [3.63, 3.8) is 0 Å². The van der Waals surface area contributed by atoms with E-state index in [2.05, 4.69) is 43.9 Å². The van der Waals surface area contributed by atoms with Crippen molar-refractivity contribution in [2.75, 3.05) is 13.1 Å². The summed E-state index contributed by atoms with van der Waals surface area (Å²) in [6.07, 6.45) is 4.71. The predicted molar refractivity (Wildman–Crippen MR) is 154 cm³/mol. The summed E-state index contributed by atoms with van der Waals surface area (Å²) in [6, 6.07) is 10.6. The zero-order chi connectivity index (χ0) is 28.2. The summed E-state index contributed by atoms with van der Waals surface area (Å²) in [6.45, 7) is 15.0. The zero-order valence-corrected chi connectivity index (χ0v) is 24.7. The molecule has 0 amide bonds. The Balaban J connectivity index is 0.000000752. The highest BCUT2D eigenvalue weighted by atomic mass is 35.5. The number of carbonyl (C=O) groups excluding carboxylic acids is 1. The minimum atomic E-state index is -3.14. The Morgan fingerprint density at radius 2 is 1.46 bits per heavy atom. The van der Waals surface area contributed by atoms with Gasteiger partial charge < -0.3 is 5.73 Å². The van der Waals surface area contributed by atoms with E-state index < -0.39 is 12.2 Å². The minimum absolute atomic E-state index is 0.396. The predicted octanol–water partition coefficient (Wildman–Crippen LogP) is 8.55. The first-order valence-electron chi connectivity index (χ1n) is 13.2. The van der Waals surface area contributed by atoms with Gasteiger partial charge in [-0.2, -0.15) is 8.78 Å². The normalized spacial score (nSPS) is 17.4. The van der Waals surface area contributed by atoms with E-state index in [0.29, 0.717) is 17.0 Å². The summed E-state index contributed by atoms with van der Waals surface area (Å²) in [5.74, 6) is -1.68. The molecule has 1 aliphatic carbocycles. The molecule has 208 valence electrons. The van der Waals surface area contributed by atoms with Crippen LogP contribution < -0.4 is 5.73 Å². The molecule has 37 heavy (non-hydrogen) atoms. The molecular formula is C30H44Cl2F2N2O. The van der Waals surface area contributed by atoms with Gasteiger partial charge in [0.1, 0.15) is 0 Å². The van der Waals surface area contributed by atoms with Crippen LogP contribution in [0, 0.1) is 32.6 Å². The van der Waals surface area contributed by atoms with Crippen LogP contribution in [0.25, 0.3) is 0 Å². The second-order valence-electron chi connectivity index (χ2n) is 9.99. The number of alkyl halides is 2. The lowest BCUT2D eigenvalue weighted by molar-refractivity contribution is -0.126. The second-order valence-corrected chi connectivity index (χ2v) is 10.8. The summed E-state index contributed by atoms with van der Waals surface area (Å²) >= 11 is 12.4. The number of halogens is 4. The number of nitrogens with two attached hydrogens (primary N) is 1. The third kappa shape index (κ3) is 12.2. The van der Waals surface area contributed by atoms with Gasteiger partial charge >= 0.3 is 0 Å². The minimum Gasteiger partial charge on any atom is -0.330 e. The van der Waals surface area contributed by atoms with Crippen LogP contribution in [-0.2, 0) is 17.9 Å². The van der Waals surface area contributed by atoms with E-state index in [4.69, 9.17) is 33.7 Å². The van der Waals surface area contributed by atoms with E-state index >= 15 is 0 Å². The molecule has 7 heteroatoms. The number of rotatable bonds is 8. The lowest BCUT2D eigenvalue weighted by Crippen LogP contribution is -2.32. The monoisotopic (exact) mass is 556 g/mol. The van der Waals surface area contributed by atoms with Crippen molar-refractivity contribution in [1.29, 1.82) is 0 Å². The summed E-state index contributed by atoms with van der Waals surface area (Å²) in [5, 5.41) is 1.25. The quantitative estimate of drug-likeness (QED) is 0.331. The van der Waals surface area contributed by atoms with Crippen molar-refractivity contribution in [2.24, 2.45) is 17.6 Å². The average molecular weight is 558 g/mol. The van der Waals surface area contributed by atoms with Crippen LogP contribution in [0.4, 0.5) is 8.78 Å². The van der Waals surface area contributed by atoms with E-state index in [1.165, 1.54) is 53.5 Å². The Morgan fingerprint density at radius 1 is 0.946 bits per heavy atom. The van der Waals surface area contributed by atoms with Gasteiger partial charge in [0.25, 0.3) is 5.92 Å². The van der Waals surface area contributed by atoms with Gasteiger partial charge in [0.15, 0.2) is 6.29 Å². The summed E-state index contributed by atoms with van der Waals surface area (Å²) in [7, 11) is 0. The van der Waals surface area contributed by atoms with Crippen LogP contribution in [0.1, 0.15) is 74.3 Å². The molecule has 2 aromatic carbocycles. The SMILES string of the molecule is CC.CC(F)(F)C=O.Cc1cc(C)c(CN(Cc2ccc(Cl)c(Cl)c2)CC2CCC(CN)CC2)c(C)c1. The fraction of sp³-hybridized carbons (Fsp3) is 0.567. The number of hydrogen-bond acceptors (Lipinski definition) is 3. The summed E-state index contributed by atoms with van der Waals surface area (Å²) < 4.78 is 22.2. The molecular weight excluding hydrogens is 513 g/mol. The molecule has 0 aliphatic heterocycles. The number of benzene rings is 2. The van der Waals surface area contributed by atoms with E-state index in [1.54, 1.807) is 0 Å². The van der Waals surface area contributed by atoms with Crippen molar-refractivity contribution in [1.82, 2.24) is 4.90 Å². The third-order valence-corrected chi connectivity index (χ3v) is 7.37. The van der Waals surface area contributed by atoms with Crippen LogP contribution in [0.15, 0.2) is 30.3 Å². The van der Waals surface area contributed by atoms with Gasteiger partial charge in [-0.25, -0.2) is 0 Å². The van der Waals surface area contributed by atoms with E-state index in [9.17, 15) is 8.78 Å². The van der Waals surface area contributed by atoms with Gasteiger partial charge in [-0.3, -0.25) is 9.69 Å². The van der Waals surface area contributed by atoms with Gasteiger partial charge in [-0.15, -0.1) is 0 Å². The molecule has 0 atom stereocenters. The highest BCUT2D eigenvalue weighted by Crippen LogP contribution is 2.31. The van der Waals surface area contributed by atoms with Crippen molar-refractivity contribution >= 4 is 29.5 Å². The fourth-order valence-corrected chi connectivity index (χ4v) is 5.10. The van der Waals surface area contributed by atoms with Crippen molar-refractivity contribution in [2.45, 2.75) is 86.2 Å². The van der Waals surface area contributed by atoms with Crippen molar-refractivity contribution < 1.29 is 13.6 Å². The molecule has 0 saturated heterocycles. The molecule has 0 radical (unpaired) electrons. The number of aldehydes is 1. The maximum atomic E-state index is 11.1. The van der Waals surface area contributed by atoms with Gasteiger partial charge in [-0.05, 0) is 99.2 Å². The van der Waals surface area contributed by atoms with Crippen LogP contribution in [-0.4, -0.2) is 30.2 Å². The molecule has 0 heterocycles. The van der Waals surface area contributed by atoms with Crippen molar-refractivity contribution in [3.8, 4) is 0 Å². The van der Waals surface area contributed by atoms with Gasteiger partial charge in [0.2, 0.25) is 0 Å². The van der Waals surface area contributed by atoms with Crippen LogP contribution in [0.3, 0.4) is 0 Å². The lowest BCUT2D eigenvalue weighted by Gasteiger charge is -2.33. The standard InChI is InChI=1S/C25H34Cl2N2.C3H4F2O.C2H6/c1-17-10-18(2)23(19(3)11-17)16-29(14-21-6-4-20(13-28)5-7-21)15-22-8-9-24(26)25(27)12-22;1-3(4,5)2-6;1-2/h8-12,20-21H,4-7,13-16,28H2,1-3H3;2H,1H3;1-2H3. The topological polar surface area (TPSA) is 46.3 Å². The molecule has 1 fully saturated rings. The van der Waals surface area contributed by atoms with Crippen LogP contribution in [0.5, 0.6) is 0 Å². The largest absolute Gasteiger partial charge is 0.330 e. The number of nitrogens with zero attached hydrogens (tertiary/aromatic N) is 1.